The van der Waals surface area contributed by atoms with Gasteiger partial charge < -0.3 is 10.6 Å². The molecule has 2 rings (SSSR count). The van der Waals surface area contributed by atoms with E-state index >= 15 is 0 Å². The van der Waals surface area contributed by atoms with Gasteiger partial charge in [0.25, 0.3) is 5.91 Å². The summed E-state index contributed by atoms with van der Waals surface area (Å²) in [4.78, 5) is 13.6. The molecular formula is C12H14F2N2OS. The van der Waals surface area contributed by atoms with Gasteiger partial charge in [0.15, 0.2) is 5.82 Å². The van der Waals surface area contributed by atoms with Crippen LogP contribution >= 0.6 is 11.8 Å². The van der Waals surface area contributed by atoms with Gasteiger partial charge >= 0.3 is 0 Å². The number of carbonyl (C=O) groups excluding carboxylic acids is 1. The molecule has 1 amide bonds. The number of thioether (sulfide) groups is 1. The summed E-state index contributed by atoms with van der Waals surface area (Å²) in [5, 5.41) is 0.273. The topological polar surface area (TPSA) is 46.3 Å². The lowest BCUT2D eigenvalue weighted by Gasteiger charge is -2.30. The first kappa shape index (κ1) is 13.1. The van der Waals surface area contributed by atoms with E-state index in [-0.39, 0.29) is 10.9 Å². The minimum Gasteiger partial charge on any atom is -0.396 e. The molecule has 1 saturated heterocycles. The third-order valence-electron chi connectivity index (χ3n) is 2.86. The second-order valence-electron chi connectivity index (χ2n) is 4.26. The van der Waals surface area contributed by atoms with Crippen molar-refractivity contribution >= 4 is 23.4 Å². The number of anilines is 1. The van der Waals surface area contributed by atoms with Gasteiger partial charge in [0.2, 0.25) is 0 Å². The molecule has 0 spiro atoms. The zero-order valence-electron chi connectivity index (χ0n) is 9.95. The van der Waals surface area contributed by atoms with Gasteiger partial charge in [0.1, 0.15) is 11.4 Å². The molecule has 1 aliphatic heterocycles. The SMILES string of the molecule is CC1CN(C(=O)c2c(F)ccc(N)c2F)CCS1. The van der Waals surface area contributed by atoms with Gasteiger partial charge in [-0.3, -0.25) is 4.79 Å². The molecule has 0 saturated carbocycles. The van der Waals surface area contributed by atoms with E-state index in [0.717, 1.165) is 17.9 Å². The van der Waals surface area contributed by atoms with E-state index in [2.05, 4.69) is 0 Å². The Kier molecular flexibility index (Phi) is 3.75. The van der Waals surface area contributed by atoms with E-state index < -0.39 is 23.1 Å². The highest BCUT2D eigenvalue weighted by Gasteiger charge is 2.27. The molecule has 1 heterocycles. The van der Waals surface area contributed by atoms with E-state index in [1.807, 2.05) is 6.92 Å². The molecule has 98 valence electrons. The average Bonchev–Trinajstić information content (AvgIpc) is 2.34. The highest BCUT2D eigenvalue weighted by Crippen LogP contribution is 2.24. The molecule has 0 aliphatic carbocycles. The number of hydrogen-bond donors (Lipinski definition) is 1. The second kappa shape index (κ2) is 5.14. The van der Waals surface area contributed by atoms with Crippen molar-refractivity contribution in [3.63, 3.8) is 0 Å². The van der Waals surface area contributed by atoms with E-state index in [1.165, 1.54) is 4.90 Å². The maximum atomic E-state index is 13.7. The molecule has 1 aromatic rings. The Morgan fingerprint density at radius 2 is 2.22 bits per heavy atom. The summed E-state index contributed by atoms with van der Waals surface area (Å²) in [7, 11) is 0. The maximum Gasteiger partial charge on any atom is 0.259 e. The molecule has 2 N–H and O–H groups in total. The van der Waals surface area contributed by atoms with Gasteiger partial charge in [0.05, 0.1) is 5.69 Å². The molecule has 18 heavy (non-hydrogen) atoms. The lowest BCUT2D eigenvalue weighted by Crippen LogP contribution is -2.41. The number of amides is 1. The smallest absolute Gasteiger partial charge is 0.259 e. The first-order valence-corrected chi connectivity index (χ1v) is 6.70. The van der Waals surface area contributed by atoms with E-state index in [0.29, 0.717) is 13.1 Å². The fraction of sp³-hybridized carbons (Fsp3) is 0.417. The fourth-order valence-electron chi connectivity index (χ4n) is 1.93. The van der Waals surface area contributed by atoms with Gasteiger partial charge in [0, 0.05) is 24.1 Å². The largest absolute Gasteiger partial charge is 0.396 e. The number of nitrogens with zero attached hydrogens (tertiary/aromatic N) is 1. The van der Waals surface area contributed by atoms with Crippen LogP contribution in [0.5, 0.6) is 0 Å². The van der Waals surface area contributed by atoms with Crippen molar-refractivity contribution in [1.82, 2.24) is 4.90 Å². The minimum absolute atomic E-state index is 0.209. The third kappa shape index (κ3) is 2.43. The quantitative estimate of drug-likeness (QED) is 0.797. The van der Waals surface area contributed by atoms with Crippen molar-refractivity contribution in [2.24, 2.45) is 0 Å². The molecule has 1 aromatic carbocycles. The van der Waals surface area contributed by atoms with Gasteiger partial charge in [-0.1, -0.05) is 6.92 Å². The first-order chi connectivity index (χ1) is 8.50. The van der Waals surface area contributed by atoms with Crippen LogP contribution in [0, 0.1) is 11.6 Å². The lowest BCUT2D eigenvalue weighted by molar-refractivity contribution is 0.0753. The van der Waals surface area contributed by atoms with Gasteiger partial charge in [-0.05, 0) is 12.1 Å². The summed E-state index contributed by atoms with van der Waals surface area (Å²) in [5.41, 5.74) is 4.61. The molecule has 0 aromatic heterocycles. The standard InChI is InChI=1S/C12H14F2N2OS/c1-7-6-16(4-5-18-7)12(17)10-8(13)2-3-9(15)11(10)14/h2-3,7H,4-6,15H2,1H3. The van der Waals surface area contributed by atoms with Gasteiger partial charge in [-0.2, -0.15) is 11.8 Å². The molecule has 1 fully saturated rings. The highest BCUT2D eigenvalue weighted by molar-refractivity contribution is 7.99. The monoisotopic (exact) mass is 272 g/mol. The number of rotatable bonds is 1. The molecule has 0 bridgehead atoms. The third-order valence-corrected chi connectivity index (χ3v) is 4.00. The van der Waals surface area contributed by atoms with Gasteiger partial charge in [-0.15, -0.1) is 0 Å². The van der Waals surface area contributed by atoms with Crippen molar-refractivity contribution in [3.05, 3.63) is 29.3 Å². The number of halogens is 2. The van der Waals surface area contributed by atoms with Crippen molar-refractivity contribution in [1.29, 1.82) is 0 Å². The van der Waals surface area contributed by atoms with Gasteiger partial charge in [-0.25, -0.2) is 8.78 Å². The predicted molar refractivity (Wildman–Crippen MR) is 68.6 cm³/mol. The number of hydrogen-bond acceptors (Lipinski definition) is 3. The second-order valence-corrected chi connectivity index (χ2v) is 5.80. The molecule has 1 unspecified atom stereocenters. The summed E-state index contributed by atoms with van der Waals surface area (Å²) < 4.78 is 27.3. The van der Waals surface area contributed by atoms with Crippen molar-refractivity contribution in [2.45, 2.75) is 12.2 Å². The lowest BCUT2D eigenvalue weighted by atomic mass is 10.1. The number of nitrogens with two attached hydrogens (primary N) is 1. The van der Waals surface area contributed by atoms with E-state index in [9.17, 15) is 13.6 Å². The van der Waals surface area contributed by atoms with Crippen LogP contribution in [0.4, 0.5) is 14.5 Å². The zero-order chi connectivity index (χ0) is 13.3. The van der Waals surface area contributed by atoms with Crippen LogP contribution in [0.3, 0.4) is 0 Å². The number of benzene rings is 1. The molecular weight excluding hydrogens is 258 g/mol. The van der Waals surface area contributed by atoms with Crippen LogP contribution in [0.1, 0.15) is 17.3 Å². The Bertz CT molecular complexity index is 481. The number of carbonyl (C=O) groups is 1. The van der Waals surface area contributed by atoms with E-state index in [4.69, 9.17) is 5.73 Å². The Hall–Kier alpha value is -1.30. The van der Waals surface area contributed by atoms with Crippen LogP contribution in [-0.2, 0) is 0 Å². The Morgan fingerprint density at radius 3 is 2.89 bits per heavy atom. The Morgan fingerprint density at radius 1 is 1.50 bits per heavy atom. The summed E-state index contributed by atoms with van der Waals surface area (Å²) in [6.07, 6.45) is 0. The van der Waals surface area contributed by atoms with E-state index in [1.54, 1.807) is 11.8 Å². The fourth-order valence-corrected chi connectivity index (χ4v) is 2.94. The summed E-state index contributed by atoms with van der Waals surface area (Å²) >= 11 is 1.74. The van der Waals surface area contributed by atoms with Crippen molar-refractivity contribution < 1.29 is 13.6 Å². The van der Waals surface area contributed by atoms with Crippen LogP contribution < -0.4 is 5.73 Å². The molecule has 3 nitrogen and oxygen atoms in total. The maximum absolute atomic E-state index is 13.7. The first-order valence-electron chi connectivity index (χ1n) is 5.65. The highest BCUT2D eigenvalue weighted by atomic mass is 32.2. The average molecular weight is 272 g/mol. The Balaban J connectivity index is 2.31. The number of nitrogen functional groups attached to an aromatic ring is 1. The van der Waals surface area contributed by atoms with Crippen LogP contribution in [0.15, 0.2) is 12.1 Å². The summed E-state index contributed by atoms with van der Waals surface area (Å²) in [6.45, 7) is 2.98. The normalized spacial score (nSPS) is 19.9. The minimum atomic E-state index is -0.967. The van der Waals surface area contributed by atoms with Crippen LogP contribution in [0.25, 0.3) is 0 Å². The summed E-state index contributed by atoms with van der Waals surface area (Å²) in [5.74, 6) is -1.67. The summed E-state index contributed by atoms with van der Waals surface area (Å²) in [6, 6.07) is 2.14. The molecule has 6 heteroatoms. The molecule has 1 atom stereocenters. The Labute approximate surface area is 108 Å². The van der Waals surface area contributed by atoms with Crippen LogP contribution in [-0.4, -0.2) is 34.9 Å². The predicted octanol–water partition coefficient (Wildman–Crippen LogP) is 2.12. The molecule has 1 aliphatic rings. The zero-order valence-corrected chi connectivity index (χ0v) is 10.8. The molecule has 0 radical (unpaired) electrons. The van der Waals surface area contributed by atoms with Crippen molar-refractivity contribution in [3.8, 4) is 0 Å². The van der Waals surface area contributed by atoms with Crippen molar-refractivity contribution in [2.75, 3.05) is 24.6 Å². The van der Waals surface area contributed by atoms with Crippen LogP contribution in [0.2, 0.25) is 0 Å².